The highest BCUT2D eigenvalue weighted by molar-refractivity contribution is 5.69. The molecule has 0 unspecified atom stereocenters. The minimum Gasteiger partial charge on any atom is -0.466 e. The molecule has 0 aliphatic rings. The lowest BCUT2D eigenvalue weighted by atomic mass is 10.1. The number of rotatable bonds is 18. The monoisotopic (exact) mass is 404 g/mol. The fourth-order valence-electron chi connectivity index (χ4n) is 2.47. The Balaban J connectivity index is 0. The predicted molar refractivity (Wildman–Crippen MR) is 112 cm³/mol. The summed E-state index contributed by atoms with van der Waals surface area (Å²) in [5.74, 6) is -0.203. The minimum atomic E-state index is -0.125. The summed E-state index contributed by atoms with van der Waals surface area (Å²) in [6.07, 6.45) is 13.9. The van der Waals surface area contributed by atoms with Gasteiger partial charge in [-0.05, 0) is 25.7 Å². The summed E-state index contributed by atoms with van der Waals surface area (Å²) < 4.78 is 10.4. The van der Waals surface area contributed by atoms with Gasteiger partial charge >= 0.3 is 11.9 Å². The van der Waals surface area contributed by atoms with E-state index in [1.807, 2.05) is 0 Å². The van der Waals surface area contributed by atoms with Gasteiger partial charge in [0.05, 0.1) is 26.4 Å². The van der Waals surface area contributed by atoms with Crippen LogP contribution in [0.1, 0.15) is 104 Å². The molecule has 0 rings (SSSR count). The van der Waals surface area contributed by atoms with E-state index in [0.717, 1.165) is 38.5 Å². The molecule has 0 heterocycles. The Morgan fingerprint density at radius 3 is 1.25 bits per heavy atom. The third kappa shape index (κ3) is 27.1. The molecule has 0 saturated carbocycles. The van der Waals surface area contributed by atoms with Crippen LogP contribution >= 0.6 is 0 Å². The first-order chi connectivity index (χ1) is 13.6. The lowest BCUT2D eigenvalue weighted by Gasteiger charge is -2.06. The SMILES string of the molecule is CCCCCCCC(=O)OCCCCOC(=O)CCCCCCC.OCCO. The van der Waals surface area contributed by atoms with Crippen LogP contribution in [0.4, 0.5) is 0 Å². The topological polar surface area (TPSA) is 93.1 Å². The van der Waals surface area contributed by atoms with Crippen LogP contribution in [0, 0.1) is 0 Å². The molecule has 0 bridgehead atoms. The maximum Gasteiger partial charge on any atom is 0.305 e. The van der Waals surface area contributed by atoms with Gasteiger partial charge in [-0.2, -0.15) is 0 Å². The van der Waals surface area contributed by atoms with Crippen LogP contribution in [-0.4, -0.2) is 48.6 Å². The third-order valence-corrected chi connectivity index (χ3v) is 4.13. The van der Waals surface area contributed by atoms with E-state index in [1.165, 1.54) is 38.5 Å². The van der Waals surface area contributed by atoms with Crippen LogP contribution in [0.5, 0.6) is 0 Å². The average Bonchev–Trinajstić information content (AvgIpc) is 2.70. The highest BCUT2D eigenvalue weighted by atomic mass is 16.5. The van der Waals surface area contributed by atoms with E-state index in [1.54, 1.807) is 0 Å². The number of esters is 2. The molecule has 6 heteroatoms. The van der Waals surface area contributed by atoms with E-state index in [0.29, 0.717) is 26.1 Å². The number of aliphatic hydroxyl groups is 2. The number of unbranched alkanes of at least 4 members (excludes halogenated alkanes) is 9. The van der Waals surface area contributed by atoms with Gasteiger partial charge in [-0.1, -0.05) is 65.2 Å². The zero-order valence-electron chi connectivity index (χ0n) is 18.3. The second kappa shape index (κ2) is 25.9. The lowest BCUT2D eigenvalue weighted by molar-refractivity contribution is -0.146. The molecule has 2 N–H and O–H groups in total. The van der Waals surface area contributed by atoms with Gasteiger partial charge in [0.2, 0.25) is 0 Å². The van der Waals surface area contributed by atoms with Gasteiger partial charge in [-0.15, -0.1) is 0 Å². The van der Waals surface area contributed by atoms with Gasteiger partial charge in [-0.3, -0.25) is 9.59 Å². The van der Waals surface area contributed by atoms with Crippen molar-refractivity contribution in [1.82, 2.24) is 0 Å². The highest BCUT2D eigenvalue weighted by Crippen LogP contribution is 2.07. The molecule has 0 spiro atoms. The molecule has 0 amide bonds. The van der Waals surface area contributed by atoms with Gasteiger partial charge in [0, 0.05) is 12.8 Å². The van der Waals surface area contributed by atoms with Crippen molar-refractivity contribution < 1.29 is 29.3 Å². The molecule has 28 heavy (non-hydrogen) atoms. The number of aliphatic hydroxyl groups excluding tert-OH is 2. The van der Waals surface area contributed by atoms with Crippen LogP contribution < -0.4 is 0 Å². The zero-order chi connectivity index (χ0) is 21.3. The van der Waals surface area contributed by atoms with Crippen molar-refractivity contribution in [3.8, 4) is 0 Å². The third-order valence-electron chi connectivity index (χ3n) is 4.13. The molecule has 0 aliphatic heterocycles. The molecule has 0 aromatic rings. The lowest BCUT2D eigenvalue weighted by Crippen LogP contribution is -2.08. The summed E-state index contributed by atoms with van der Waals surface area (Å²) >= 11 is 0. The Bertz CT molecular complexity index is 301. The van der Waals surface area contributed by atoms with Gasteiger partial charge in [-0.25, -0.2) is 0 Å². The van der Waals surface area contributed by atoms with Crippen molar-refractivity contribution in [2.45, 2.75) is 104 Å². The van der Waals surface area contributed by atoms with Crippen molar-refractivity contribution >= 4 is 11.9 Å². The first-order valence-corrected chi connectivity index (χ1v) is 11.1. The molecule has 0 saturated heterocycles. The molecule has 0 radical (unpaired) electrons. The van der Waals surface area contributed by atoms with Gasteiger partial charge in [0.15, 0.2) is 0 Å². The van der Waals surface area contributed by atoms with E-state index in [4.69, 9.17) is 19.7 Å². The number of ether oxygens (including phenoxy) is 2. The second-order valence-electron chi connectivity index (χ2n) is 6.92. The van der Waals surface area contributed by atoms with Gasteiger partial charge in [0.1, 0.15) is 0 Å². The fourth-order valence-corrected chi connectivity index (χ4v) is 2.47. The van der Waals surface area contributed by atoms with Crippen LogP contribution in [0.3, 0.4) is 0 Å². The second-order valence-corrected chi connectivity index (χ2v) is 6.92. The van der Waals surface area contributed by atoms with Gasteiger partial charge in [0.25, 0.3) is 0 Å². The molecule has 0 aromatic carbocycles. The highest BCUT2D eigenvalue weighted by Gasteiger charge is 2.04. The van der Waals surface area contributed by atoms with E-state index < -0.39 is 0 Å². The van der Waals surface area contributed by atoms with E-state index >= 15 is 0 Å². The fraction of sp³-hybridized carbons (Fsp3) is 0.909. The molecule has 0 atom stereocenters. The summed E-state index contributed by atoms with van der Waals surface area (Å²) in [7, 11) is 0. The van der Waals surface area contributed by atoms with E-state index in [-0.39, 0.29) is 25.2 Å². The molecule has 0 fully saturated rings. The van der Waals surface area contributed by atoms with Crippen LogP contribution in [0.15, 0.2) is 0 Å². The first-order valence-electron chi connectivity index (χ1n) is 11.1. The molecule has 0 aliphatic carbocycles. The smallest absolute Gasteiger partial charge is 0.305 e. The van der Waals surface area contributed by atoms with Crippen LogP contribution in [0.25, 0.3) is 0 Å². The van der Waals surface area contributed by atoms with Crippen LogP contribution in [-0.2, 0) is 19.1 Å². The maximum absolute atomic E-state index is 11.5. The Morgan fingerprint density at radius 2 is 0.929 bits per heavy atom. The summed E-state index contributed by atoms with van der Waals surface area (Å²) in [5.41, 5.74) is 0. The van der Waals surface area contributed by atoms with Gasteiger partial charge < -0.3 is 19.7 Å². The predicted octanol–water partition coefficient (Wildman–Crippen LogP) is 4.55. The first kappa shape index (κ1) is 29.1. The minimum absolute atomic E-state index is 0.101. The van der Waals surface area contributed by atoms with Crippen LogP contribution in [0.2, 0.25) is 0 Å². The molecule has 6 nitrogen and oxygen atoms in total. The van der Waals surface area contributed by atoms with Crippen molar-refractivity contribution in [3.63, 3.8) is 0 Å². The van der Waals surface area contributed by atoms with E-state index in [2.05, 4.69) is 13.8 Å². The zero-order valence-corrected chi connectivity index (χ0v) is 18.3. The Morgan fingerprint density at radius 1 is 0.571 bits per heavy atom. The molecular formula is C22H44O6. The number of carbonyl (C=O) groups excluding carboxylic acids is 2. The maximum atomic E-state index is 11.5. The molecule has 168 valence electrons. The number of hydrogen-bond acceptors (Lipinski definition) is 6. The average molecular weight is 405 g/mol. The standard InChI is InChI=1S/C20H38O4.C2H6O2/c1-3-5-7-9-11-15-19(21)23-17-13-14-18-24-20(22)16-12-10-8-6-4-2;3-1-2-4/h3-18H2,1-2H3;3-4H,1-2H2. The Labute approximate surface area is 172 Å². The van der Waals surface area contributed by atoms with Crippen molar-refractivity contribution in [3.05, 3.63) is 0 Å². The Kier molecular flexibility index (Phi) is 26.8. The number of hydrogen-bond donors (Lipinski definition) is 2. The van der Waals surface area contributed by atoms with Crippen molar-refractivity contribution in [1.29, 1.82) is 0 Å². The summed E-state index contributed by atoms with van der Waals surface area (Å²) in [6, 6.07) is 0. The van der Waals surface area contributed by atoms with Crippen molar-refractivity contribution in [2.24, 2.45) is 0 Å². The normalized spacial score (nSPS) is 10.1. The molecular weight excluding hydrogens is 360 g/mol. The summed E-state index contributed by atoms with van der Waals surface area (Å²) in [6.45, 7) is 4.98. The Hall–Kier alpha value is -1.14. The van der Waals surface area contributed by atoms with Crippen molar-refractivity contribution in [2.75, 3.05) is 26.4 Å². The largest absolute Gasteiger partial charge is 0.466 e. The summed E-state index contributed by atoms with van der Waals surface area (Å²) in [4.78, 5) is 23.0. The quantitative estimate of drug-likeness (QED) is 0.257. The van der Waals surface area contributed by atoms with E-state index in [9.17, 15) is 9.59 Å². The molecule has 0 aromatic heterocycles. The summed E-state index contributed by atoms with van der Waals surface area (Å²) in [5, 5.41) is 15.2. The number of carbonyl (C=O) groups is 2.